The number of rotatable bonds is 5. The second-order valence-electron chi connectivity index (χ2n) is 8.07. The smallest absolute Gasteiger partial charge is 0.247 e. The number of nitrogens with one attached hydrogen (secondary N) is 2. The number of nitriles is 1. The summed E-state index contributed by atoms with van der Waals surface area (Å²) in [6, 6.07) is 5.10. The third kappa shape index (κ3) is 5.75. The van der Waals surface area contributed by atoms with Crippen molar-refractivity contribution in [3.8, 4) is 6.19 Å². The summed E-state index contributed by atoms with van der Waals surface area (Å²) in [6.45, 7) is 2.19. The van der Waals surface area contributed by atoms with E-state index in [2.05, 4.69) is 20.6 Å². The van der Waals surface area contributed by atoms with E-state index in [1.807, 2.05) is 35.5 Å². The van der Waals surface area contributed by atoms with Crippen molar-refractivity contribution in [1.29, 1.82) is 5.26 Å². The van der Waals surface area contributed by atoms with Crippen molar-refractivity contribution in [2.45, 2.75) is 42.5 Å². The third-order valence-electron chi connectivity index (χ3n) is 5.80. The van der Waals surface area contributed by atoms with Gasteiger partial charge in [0, 0.05) is 25.3 Å². The van der Waals surface area contributed by atoms with Gasteiger partial charge in [0.25, 0.3) is 0 Å². The van der Waals surface area contributed by atoms with Crippen LogP contribution in [0.25, 0.3) is 10.2 Å². The number of anilines is 1. The number of thioether (sulfide) groups is 1. The highest BCUT2D eigenvalue weighted by Gasteiger charge is 2.30. The Balaban J connectivity index is 1.49. The highest BCUT2D eigenvalue weighted by atomic mass is 32.2. The van der Waals surface area contributed by atoms with Gasteiger partial charge in [0.15, 0.2) is 10.5 Å². The van der Waals surface area contributed by atoms with E-state index in [0.717, 1.165) is 59.0 Å². The maximum atomic E-state index is 13.2. The average molecular weight is 486 g/mol. The van der Waals surface area contributed by atoms with Crippen LogP contribution in [-0.2, 0) is 9.59 Å². The van der Waals surface area contributed by atoms with Gasteiger partial charge in [-0.1, -0.05) is 11.8 Å². The minimum absolute atomic E-state index is 0.00134. The molecule has 0 radical (unpaired) electrons. The van der Waals surface area contributed by atoms with Crippen LogP contribution in [0.15, 0.2) is 27.5 Å². The Morgan fingerprint density at radius 2 is 2.09 bits per heavy atom. The summed E-state index contributed by atoms with van der Waals surface area (Å²) >= 11 is 3.20. The minimum atomic E-state index is -0.641. The molecule has 9 nitrogen and oxygen atoms in total. The minimum Gasteiger partial charge on any atom is -0.341 e. The standard InChI is InChI=1S/C22H27N7O2S2/c1-32-22-27-16-8-7-15(12-18(16)33-22)25-21(24-14-23)26-17-6-2-3-11-29(20(17)31)13-19(30)28-9-4-5-10-28/h7-8,12,17H,2-6,9-11,13H2,1H3,(H2,24,25,26). The summed E-state index contributed by atoms with van der Waals surface area (Å²) in [5, 5.41) is 14.9. The van der Waals surface area contributed by atoms with E-state index in [4.69, 9.17) is 0 Å². The molecule has 2 aliphatic heterocycles. The first-order valence-corrected chi connectivity index (χ1v) is 13.1. The second-order valence-corrected chi connectivity index (χ2v) is 10.1. The molecule has 2 N–H and O–H groups in total. The lowest BCUT2D eigenvalue weighted by atomic mass is 10.1. The van der Waals surface area contributed by atoms with Crippen LogP contribution in [0, 0.1) is 11.5 Å². The molecule has 0 spiro atoms. The SMILES string of the molecule is CSc1nc2ccc(NC(=NC3CCCCN(CC(=O)N4CCCC4)C3=O)NC#N)cc2s1. The number of carbonyl (C=O) groups is 2. The fraction of sp³-hybridized carbons (Fsp3) is 0.500. The molecule has 1 unspecified atom stereocenters. The first-order chi connectivity index (χ1) is 16.1. The Labute approximate surface area is 201 Å². The van der Waals surface area contributed by atoms with E-state index in [0.29, 0.717) is 13.0 Å². The Morgan fingerprint density at radius 1 is 1.30 bits per heavy atom. The summed E-state index contributed by atoms with van der Waals surface area (Å²) in [7, 11) is 0. The predicted molar refractivity (Wildman–Crippen MR) is 131 cm³/mol. The van der Waals surface area contributed by atoms with Gasteiger partial charge in [-0.05, 0) is 56.6 Å². The molecule has 3 heterocycles. The summed E-state index contributed by atoms with van der Waals surface area (Å²) in [5.41, 5.74) is 1.67. The zero-order chi connectivity index (χ0) is 23.2. The van der Waals surface area contributed by atoms with E-state index in [1.165, 1.54) is 0 Å². The maximum Gasteiger partial charge on any atom is 0.247 e. The van der Waals surface area contributed by atoms with Gasteiger partial charge in [-0.2, -0.15) is 5.26 Å². The van der Waals surface area contributed by atoms with Crippen molar-refractivity contribution in [2.24, 2.45) is 4.99 Å². The molecule has 4 rings (SSSR count). The van der Waals surface area contributed by atoms with Crippen LogP contribution < -0.4 is 10.6 Å². The first kappa shape index (κ1) is 23.3. The number of hydrogen-bond acceptors (Lipinski definition) is 7. The fourth-order valence-electron chi connectivity index (χ4n) is 4.10. The van der Waals surface area contributed by atoms with Crippen LogP contribution in [-0.4, -0.2) is 71.0 Å². The molecule has 1 aromatic heterocycles. The topological polar surface area (TPSA) is 114 Å². The highest BCUT2D eigenvalue weighted by Crippen LogP contribution is 2.30. The highest BCUT2D eigenvalue weighted by molar-refractivity contribution is 8.00. The van der Waals surface area contributed by atoms with Crippen molar-refractivity contribution >= 4 is 56.8 Å². The van der Waals surface area contributed by atoms with Crippen LogP contribution in [0.2, 0.25) is 0 Å². The number of aliphatic imine (C=N–C) groups is 1. The van der Waals surface area contributed by atoms with Gasteiger partial charge in [-0.25, -0.2) is 9.98 Å². The Bertz CT molecular complexity index is 1090. The van der Waals surface area contributed by atoms with Gasteiger partial charge >= 0.3 is 0 Å². The number of benzene rings is 1. The van der Waals surface area contributed by atoms with Crippen LogP contribution in [0.3, 0.4) is 0 Å². The number of guanidine groups is 1. The Kier molecular flexibility index (Phi) is 7.67. The second kappa shape index (κ2) is 10.9. The molecule has 174 valence electrons. The summed E-state index contributed by atoms with van der Waals surface area (Å²) in [6.07, 6.45) is 8.17. The molecule has 1 aromatic carbocycles. The van der Waals surface area contributed by atoms with Crippen LogP contribution in [0.5, 0.6) is 0 Å². The number of carbonyl (C=O) groups excluding carboxylic acids is 2. The van der Waals surface area contributed by atoms with Gasteiger partial charge in [0.1, 0.15) is 6.04 Å². The summed E-state index contributed by atoms with van der Waals surface area (Å²) < 4.78 is 2.01. The van der Waals surface area contributed by atoms with Crippen molar-refractivity contribution in [3.63, 3.8) is 0 Å². The van der Waals surface area contributed by atoms with E-state index in [1.54, 1.807) is 28.0 Å². The number of likely N-dealkylation sites (tertiary alicyclic amines) is 2. The Hall–Kier alpha value is -2.84. The molecule has 0 aliphatic carbocycles. The van der Waals surface area contributed by atoms with Crippen molar-refractivity contribution in [1.82, 2.24) is 20.1 Å². The van der Waals surface area contributed by atoms with Crippen LogP contribution in [0.4, 0.5) is 5.69 Å². The van der Waals surface area contributed by atoms with Crippen LogP contribution in [0.1, 0.15) is 32.1 Å². The molecule has 11 heteroatoms. The lowest BCUT2D eigenvalue weighted by Crippen LogP contribution is -2.45. The molecule has 33 heavy (non-hydrogen) atoms. The molecule has 0 saturated carbocycles. The zero-order valence-corrected chi connectivity index (χ0v) is 20.2. The van der Waals surface area contributed by atoms with Gasteiger partial charge in [-0.15, -0.1) is 11.3 Å². The number of thiazole rings is 1. The molecule has 1 atom stereocenters. The van der Waals surface area contributed by atoms with Gasteiger partial charge in [-0.3, -0.25) is 14.9 Å². The molecule has 0 bridgehead atoms. The Morgan fingerprint density at radius 3 is 2.85 bits per heavy atom. The first-order valence-electron chi connectivity index (χ1n) is 11.1. The van der Waals surface area contributed by atoms with Gasteiger partial charge < -0.3 is 15.1 Å². The normalized spacial score (nSPS) is 19.5. The number of fused-ring (bicyclic) bond motifs is 1. The average Bonchev–Trinajstić information content (AvgIpc) is 3.46. The number of nitrogens with zero attached hydrogens (tertiary/aromatic N) is 5. The third-order valence-corrected chi connectivity index (χ3v) is 7.81. The summed E-state index contributed by atoms with van der Waals surface area (Å²) in [4.78, 5) is 38.3. The van der Waals surface area contributed by atoms with Crippen molar-refractivity contribution in [2.75, 3.05) is 37.8 Å². The monoisotopic (exact) mass is 485 g/mol. The number of hydrogen-bond donors (Lipinski definition) is 2. The fourth-order valence-corrected chi connectivity index (χ4v) is 5.63. The predicted octanol–water partition coefficient (Wildman–Crippen LogP) is 2.86. The van der Waals surface area contributed by atoms with Crippen molar-refractivity contribution in [3.05, 3.63) is 18.2 Å². The molecule has 2 amide bonds. The molecular weight excluding hydrogens is 458 g/mol. The molecule has 2 fully saturated rings. The lowest BCUT2D eigenvalue weighted by Gasteiger charge is -2.25. The van der Waals surface area contributed by atoms with Gasteiger partial charge in [0.2, 0.25) is 17.8 Å². The molecular formula is C22H27N7O2S2. The molecule has 2 aromatic rings. The van der Waals surface area contributed by atoms with Crippen molar-refractivity contribution < 1.29 is 9.59 Å². The quantitative estimate of drug-likeness (QED) is 0.220. The lowest BCUT2D eigenvalue weighted by molar-refractivity contribution is -0.140. The van der Waals surface area contributed by atoms with E-state index >= 15 is 0 Å². The molecule has 2 saturated heterocycles. The summed E-state index contributed by atoms with van der Waals surface area (Å²) in [5.74, 6) is 0.0561. The van der Waals surface area contributed by atoms with E-state index < -0.39 is 6.04 Å². The van der Waals surface area contributed by atoms with Crippen LogP contribution >= 0.6 is 23.1 Å². The van der Waals surface area contributed by atoms with E-state index in [9.17, 15) is 14.9 Å². The number of amides is 2. The van der Waals surface area contributed by atoms with E-state index in [-0.39, 0.29) is 24.3 Å². The maximum absolute atomic E-state index is 13.2. The largest absolute Gasteiger partial charge is 0.341 e. The molecule has 2 aliphatic rings. The number of aromatic nitrogens is 1. The van der Waals surface area contributed by atoms with Gasteiger partial charge in [0.05, 0.1) is 16.8 Å². The zero-order valence-electron chi connectivity index (χ0n) is 18.5.